The molecule has 120 valence electrons. The Labute approximate surface area is 127 Å². The smallest absolute Gasteiger partial charge is 0.225 e. The van der Waals surface area contributed by atoms with Crippen molar-refractivity contribution >= 4 is 11.8 Å². The minimum absolute atomic E-state index is 0.0207. The third-order valence-electron chi connectivity index (χ3n) is 4.90. The first-order chi connectivity index (χ1) is 9.89. The molecule has 2 rings (SSSR count). The molecule has 2 fully saturated rings. The number of hydrogen-bond acceptors (Lipinski definition) is 3. The second kappa shape index (κ2) is 6.77. The summed E-state index contributed by atoms with van der Waals surface area (Å²) in [6.07, 6.45) is 5.41. The van der Waals surface area contributed by atoms with Crippen LogP contribution in [0.4, 0.5) is 0 Å². The van der Waals surface area contributed by atoms with Gasteiger partial charge in [-0.2, -0.15) is 0 Å². The predicted octanol–water partition coefficient (Wildman–Crippen LogP) is 1.30. The van der Waals surface area contributed by atoms with E-state index in [1.165, 1.54) is 0 Å². The van der Waals surface area contributed by atoms with E-state index in [0.29, 0.717) is 19.0 Å². The highest BCUT2D eigenvalue weighted by atomic mass is 16.3. The van der Waals surface area contributed by atoms with Gasteiger partial charge in [-0.15, -0.1) is 0 Å². The van der Waals surface area contributed by atoms with Crippen molar-refractivity contribution in [1.82, 2.24) is 10.2 Å². The Balaban J connectivity index is 1.82. The molecule has 0 aromatic heterocycles. The maximum absolute atomic E-state index is 12.3. The fourth-order valence-corrected chi connectivity index (χ4v) is 3.67. The summed E-state index contributed by atoms with van der Waals surface area (Å²) in [6.45, 7) is 5.30. The summed E-state index contributed by atoms with van der Waals surface area (Å²) < 4.78 is 0. The van der Waals surface area contributed by atoms with Crippen LogP contribution in [0.1, 0.15) is 52.4 Å². The summed E-state index contributed by atoms with van der Waals surface area (Å²) in [6, 6.07) is 0. The molecule has 1 saturated carbocycles. The molecule has 2 amide bonds. The van der Waals surface area contributed by atoms with Crippen LogP contribution in [-0.4, -0.2) is 47.1 Å². The topological polar surface area (TPSA) is 69.6 Å². The van der Waals surface area contributed by atoms with E-state index in [-0.39, 0.29) is 17.7 Å². The summed E-state index contributed by atoms with van der Waals surface area (Å²) in [4.78, 5) is 25.4. The van der Waals surface area contributed by atoms with Gasteiger partial charge in [0.25, 0.3) is 0 Å². The molecule has 0 bridgehead atoms. The first-order valence-electron chi connectivity index (χ1n) is 8.15. The molecule has 3 atom stereocenters. The van der Waals surface area contributed by atoms with Crippen LogP contribution in [0, 0.1) is 11.8 Å². The number of carbonyl (C=O) groups excluding carboxylic acids is 2. The lowest BCUT2D eigenvalue weighted by Gasteiger charge is -2.36. The number of nitrogens with one attached hydrogen (secondary N) is 1. The fourth-order valence-electron chi connectivity index (χ4n) is 3.67. The molecule has 2 N–H and O–H groups in total. The normalized spacial score (nSPS) is 33.6. The fraction of sp³-hybridized carbons (Fsp3) is 0.875. The number of rotatable bonds is 3. The summed E-state index contributed by atoms with van der Waals surface area (Å²) >= 11 is 0. The maximum atomic E-state index is 12.3. The van der Waals surface area contributed by atoms with E-state index in [9.17, 15) is 14.7 Å². The zero-order valence-electron chi connectivity index (χ0n) is 13.2. The van der Waals surface area contributed by atoms with Gasteiger partial charge in [0.2, 0.25) is 11.8 Å². The van der Waals surface area contributed by atoms with Gasteiger partial charge in [0.05, 0.1) is 11.5 Å². The third-order valence-corrected chi connectivity index (χ3v) is 4.90. The van der Waals surface area contributed by atoms with Gasteiger partial charge in [-0.3, -0.25) is 9.59 Å². The molecule has 1 aliphatic carbocycles. The van der Waals surface area contributed by atoms with Gasteiger partial charge in [0.1, 0.15) is 0 Å². The molecule has 5 heteroatoms. The highest BCUT2D eigenvalue weighted by Crippen LogP contribution is 2.31. The predicted molar refractivity (Wildman–Crippen MR) is 80.6 cm³/mol. The molecule has 1 aliphatic heterocycles. The molecule has 0 aromatic rings. The Hall–Kier alpha value is -1.10. The Morgan fingerprint density at radius 3 is 2.76 bits per heavy atom. The van der Waals surface area contributed by atoms with Gasteiger partial charge < -0.3 is 15.3 Å². The molecule has 0 aromatic carbocycles. The number of likely N-dealkylation sites (tertiary alicyclic amines) is 1. The lowest BCUT2D eigenvalue weighted by atomic mass is 9.79. The number of aliphatic hydroxyl groups is 1. The van der Waals surface area contributed by atoms with E-state index in [1.54, 1.807) is 11.8 Å². The number of piperidine rings is 1. The number of nitrogens with zero attached hydrogens (tertiary/aromatic N) is 1. The number of hydrogen-bond donors (Lipinski definition) is 2. The zero-order valence-corrected chi connectivity index (χ0v) is 13.2. The van der Waals surface area contributed by atoms with Crippen molar-refractivity contribution in [3.8, 4) is 0 Å². The standard InChI is InChI=1S/C16H28N2O3/c1-12-5-3-7-16(21,9-12)11-17-15(20)14-6-4-8-18(10-14)13(2)19/h12,14,21H,3-11H2,1-2H3,(H,17,20). The van der Waals surface area contributed by atoms with Crippen LogP contribution in [0.2, 0.25) is 0 Å². The molecule has 1 heterocycles. The second-order valence-corrected chi connectivity index (χ2v) is 6.95. The van der Waals surface area contributed by atoms with Crippen LogP contribution in [0.15, 0.2) is 0 Å². The second-order valence-electron chi connectivity index (χ2n) is 6.95. The molecular formula is C16H28N2O3. The number of carbonyl (C=O) groups is 2. The molecule has 1 saturated heterocycles. The third kappa shape index (κ3) is 4.43. The first kappa shape index (κ1) is 16.3. The van der Waals surface area contributed by atoms with E-state index < -0.39 is 5.60 Å². The van der Waals surface area contributed by atoms with Crippen molar-refractivity contribution < 1.29 is 14.7 Å². The van der Waals surface area contributed by atoms with E-state index in [4.69, 9.17) is 0 Å². The monoisotopic (exact) mass is 296 g/mol. The Morgan fingerprint density at radius 2 is 2.10 bits per heavy atom. The first-order valence-corrected chi connectivity index (χ1v) is 8.15. The SMILES string of the molecule is CC(=O)N1CCCC(C(=O)NCC2(O)CCCC(C)C2)C1. The zero-order chi connectivity index (χ0) is 15.5. The highest BCUT2D eigenvalue weighted by molar-refractivity contribution is 5.80. The summed E-state index contributed by atoms with van der Waals surface area (Å²) in [5, 5.41) is 13.5. The number of amides is 2. The lowest BCUT2D eigenvalue weighted by molar-refractivity contribution is -0.134. The molecule has 0 radical (unpaired) electrons. The largest absolute Gasteiger partial charge is 0.388 e. The minimum Gasteiger partial charge on any atom is -0.388 e. The van der Waals surface area contributed by atoms with Crippen molar-refractivity contribution in [1.29, 1.82) is 0 Å². The van der Waals surface area contributed by atoms with Crippen LogP contribution in [0.5, 0.6) is 0 Å². The highest BCUT2D eigenvalue weighted by Gasteiger charge is 2.34. The van der Waals surface area contributed by atoms with Crippen LogP contribution in [0.3, 0.4) is 0 Å². The summed E-state index contributed by atoms with van der Waals surface area (Å²) in [5.41, 5.74) is -0.748. The Bertz CT molecular complexity index is 399. The Morgan fingerprint density at radius 1 is 1.33 bits per heavy atom. The lowest BCUT2D eigenvalue weighted by Crippen LogP contribution is -2.50. The quantitative estimate of drug-likeness (QED) is 0.825. The van der Waals surface area contributed by atoms with Crippen molar-refractivity contribution in [2.24, 2.45) is 11.8 Å². The van der Waals surface area contributed by atoms with Crippen LogP contribution in [0.25, 0.3) is 0 Å². The average Bonchev–Trinajstić information content (AvgIpc) is 2.44. The van der Waals surface area contributed by atoms with Gasteiger partial charge >= 0.3 is 0 Å². The van der Waals surface area contributed by atoms with Gasteiger partial charge in [-0.05, 0) is 31.6 Å². The van der Waals surface area contributed by atoms with E-state index in [2.05, 4.69) is 12.2 Å². The van der Waals surface area contributed by atoms with Gasteiger partial charge in [0.15, 0.2) is 0 Å². The molecule has 3 unspecified atom stereocenters. The Kier molecular flexibility index (Phi) is 5.25. The van der Waals surface area contributed by atoms with Crippen molar-refractivity contribution in [2.45, 2.75) is 58.0 Å². The summed E-state index contributed by atoms with van der Waals surface area (Å²) in [5.74, 6) is 0.399. The molecule has 0 spiro atoms. The van der Waals surface area contributed by atoms with Gasteiger partial charge in [-0.25, -0.2) is 0 Å². The molecule has 5 nitrogen and oxygen atoms in total. The average molecular weight is 296 g/mol. The van der Waals surface area contributed by atoms with E-state index >= 15 is 0 Å². The van der Waals surface area contributed by atoms with Gasteiger partial charge in [-0.1, -0.05) is 19.8 Å². The minimum atomic E-state index is -0.748. The molecular weight excluding hydrogens is 268 g/mol. The van der Waals surface area contributed by atoms with Crippen molar-refractivity contribution in [2.75, 3.05) is 19.6 Å². The molecule has 2 aliphatic rings. The van der Waals surface area contributed by atoms with Crippen LogP contribution >= 0.6 is 0 Å². The molecule has 21 heavy (non-hydrogen) atoms. The van der Waals surface area contributed by atoms with Crippen molar-refractivity contribution in [3.63, 3.8) is 0 Å². The van der Waals surface area contributed by atoms with Crippen LogP contribution < -0.4 is 5.32 Å². The van der Waals surface area contributed by atoms with Gasteiger partial charge in [0, 0.05) is 26.6 Å². The summed E-state index contributed by atoms with van der Waals surface area (Å²) in [7, 11) is 0. The van der Waals surface area contributed by atoms with E-state index in [1.807, 2.05) is 0 Å². The van der Waals surface area contributed by atoms with Crippen molar-refractivity contribution in [3.05, 3.63) is 0 Å². The van der Waals surface area contributed by atoms with E-state index in [0.717, 1.165) is 45.1 Å². The maximum Gasteiger partial charge on any atom is 0.225 e. The van der Waals surface area contributed by atoms with Crippen LogP contribution in [-0.2, 0) is 9.59 Å².